The van der Waals surface area contributed by atoms with Crippen molar-refractivity contribution in [3.05, 3.63) is 77.0 Å². The van der Waals surface area contributed by atoms with Crippen molar-refractivity contribution in [2.75, 3.05) is 38.7 Å². The summed E-state index contributed by atoms with van der Waals surface area (Å²) in [6, 6.07) is 11.1. The van der Waals surface area contributed by atoms with Crippen LogP contribution in [0, 0.1) is 5.82 Å². The first-order chi connectivity index (χ1) is 23.0. The molecule has 4 aliphatic rings. The number of benzene rings is 1. The molecule has 3 aromatic heterocycles. The number of fused-ring (bicyclic) bond motifs is 4. The molecule has 2 amide bonds. The van der Waals surface area contributed by atoms with Crippen LogP contribution in [0.3, 0.4) is 0 Å². The predicted molar refractivity (Wildman–Crippen MR) is 177 cm³/mol. The average molecular weight is 654 g/mol. The summed E-state index contributed by atoms with van der Waals surface area (Å²) in [5, 5.41) is 3.44. The van der Waals surface area contributed by atoms with E-state index in [1.807, 2.05) is 18.2 Å². The van der Waals surface area contributed by atoms with Gasteiger partial charge in [-0.15, -0.1) is 0 Å². The number of nitrogens with one attached hydrogen (secondary N) is 1. The molecule has 250 valence electrons. The molecule has 7 heterocycles. The number of carbonyl (C=O) groups is 2. The maximum Gasteiger partial charge on any atom is 0.417 e. The molecule has 0 saturated carbocycles. The summed E-state index contributed by atoms with van der Waals surface area (Å²) >= 11 is 0. The number of likely N-dealkylation sites (tertiary alicyclic amines) is 1. The highest BCUT2D eigenvalue weighted by molar-refractivity contribution is 6.11. The largest absolute Gasteiger partial charge is 0.443 e. The number of ether oxygens (including phenoxy) is 2. The number of carbonyl (C=O) groups excluding carboxylic acids is 2. The van der Waals surface area contributed by atoms with Crippen molar-refractivity contribution in [1.29, 1.82) is 0 Å². The molecule has 12 heteroatoms. The molecule has 48 heavy (non-hydrogen) atoms. The van der Waals surface area contributed by atoms with Crippen molar-refractivity contribution in [2.45, 2.75) is 70.3 Å². The maximum atomic E-state index is 14.0. The number of rotatable bonds is 4. The molecular weight excluding hydrogens is 613 g/mol. The minimum Gasteiger partial charge on any atom is -0.443 e. The highest BCUT2D eigenvalue weighted by Gasteiger charge is 2.50. The molecule has 1 spiro atoms. The highest BCUT2D eigenvalue weighted by atomic mass is 19.1. The highest BCUT2D eigenvalue weighted by Crippen LogP contribution is 2.48. The van der Waals surface area contributed by atoms with Crippen LogP contribution < -0.4 is 5.32 Å². The normalized spacial score (nSPS) is 20.9. The number of imide groups is 1. The number of hydrogen-bond donors (Lipinski definition) is 1. The Hall–Kier alpha value is -4.39. The first-order valence-electron chi connectivity index (χ1n) is 16.6. The zero-order chi connectivity index (χ0) is 33.4. The number of aromatic nitrogens is 3. The molecule has 8 rings (SSSR count). The molecule has 1 N–H and O–H groups in total. The van der Waals surface area contributed by atoms with Crippen LogP contribution in [0.4, 0.5) is 20.7 Å². The second-order valence-corrected chi connectivity index (χ2v) is 14.4. The van der Waals surface area contributed by atoms with Crippen molar-refractivity contribution < 1.29 is 23.5 Å². The van der Waals surface area contributed by atoms with E-state index >= 15 is 0 Å². The van der Waals surface area contributed by atoms with Gasteiger partial charge in [-0.05, 0) is 83.0 Å². The lowest BCUT2D eigenvalue weighted by molar-refractivity contribution is -0.0425. The van der Waals surface area contributed by atoms with Gasteiger partial charge < -0.3 is 19.7 Å². The smallest absolute Gasteiger partial charge is 0.417 e. The zero-order valence-corrected chi connectivity index (χ0v) is 27.8. The number of imidazole rings is 1. The van der Waals surface area contributed by atoms with Crippen LogP contribution in [-0.2, 0) is 28.1 Å². The topological polar surface area (TPSA) is 105 Å². The van der Waals surface area contributed by atoms with Gasteiger partial charge in [0.2, 0.25) is 0 Å². The van der Waals surface area contributed by atoms with Gasteiger partial charge in [-0.3, -0.25) is 14.1 Å². The van der Waals surface area contributed by atoms with Gasteiger partial charge in [0.15, 0.2) is 0 Å². The lowest BCUT2D eigenvalue weighted by Crippen LogP contribution is -2.50. The molecular formula is C36H40FN7O4. The monoisotopic (exact) mass is 653 g/mol. The van der Waals surface area contributed by atoms with Crippen LogP contribution in [0.25, 0.3) is 16.9 Å². The quantitative estimate of drug-likeness (QED) is 0.297. The number of likely N-dealkylation sites (N-methyl/N-ethyl adjacent to an activating group) is 1. The Bertz CT molecular complexity index is 1950. The Morgan fingerprint density at radius 1 is 1.12 bits per heavy atom. The Labute approximate surface area is 278 Å². The van der Waals surface area contributed by atoms with Gasteiger partial charge in [0.1, 0.15) is 22.9 Å². The minimum atomic E-state index is -0.778. The second kappa shape index (κ2) is 11.4. The van der Waals surface area contributed by atoms with E-state index in [-0.39, 0.29) is 17.9 Å². The molecule has 0 bridgehead atoms. The third-order valence-electron chi connectivity index (χ3n) is 10.2. The minimum absolute atomic E-state index is 0.0232. The van der Waals surface area contributed by atoms with E-state index in [0.29, 0.717) is 40.0 Å². The second-order valence-electron chi connectivity index (χ2n) is 14.4. The molecule has 0 radical (unpaired) electrons. The van der Waals surface area contributed by atoms with Gasteiger partial charge in [-0.1, -0.05) is 12.1 Å². The van der Waals surface area contributed by atoms with Crippen molar-refractivity contribution in [2.24, 2.45) is 0 Å². The van der Waals surface area contributed by atoms with E-state index in [0.717, 1.165) is 68.3 Å². The van der Waals surface area contributed by atoms with Crippen LogP contribution in [0.5, 0.6) is 0 Å². The fourth-order valence-corrected chi connectivity index (χ4v) is 8.02. The van der Waals surface area contributed by atoms with Crippen LogP contribution in [0.1, 0.15) is 67.2 Å². The number of nitrogens with zero attached hydrogens (tertiary/aromatic N) is 6. The molecule has 1 aromatic carbocycles. The molecule has 4 aliphatic heterocycles. The third-order valence-corrected chi connectivity index (χ3v) is 10.2. The molecule has 4 aromatic rings. The van der Waals surface area contributed by atoms with Gasteiger partial charge in [0.05, 0.1) is 40.9 Å². The number of halogens is 1. The van der Waals surface area contributed by atoms with E-state index < -0.39 is 17.6 Å². The fraction of sp³-hybridized carbons (Fsp3) is 0.444. The van der Waals surface area contributed by atoms with E-state index in [2.05, 4.69) is 33.2 Å². The summed E-state index contributed by atoms with van der Waals surface area (Å²) in [5.74, 6) is -0.216. The van der Waals surface area contributed by atoms with Crippen LogP contribution in [0.2, 0.25) is 0 Å². The standard InChI is InChI=1S/C36H40FN7O4/c1-35(2,3)48-34(46)43-20-25-24(29-18-38-31-17-22(37)9-14-42(29)31)5-7-27(32(25)33(43)45)39-30-8-6-26-28(40-30)21-44(23-10-13-41(4)19-23)36(26)11-15-47-16-12-36/h5-9,14,17-18,23H,10-13,15-16,19-21H2,1-4H3,(H,39,40). The average Bonchev–Trinajstić information content (AvgIpc) is 3.81. The SMILES string of the molecule is CN1CCC(N2Cc3nc(Nc4ccc(-c5cnc6cc(F)ccn56)c5c4C(=O)N(C(=O)OC(C)(C)C)C5)ccc3C23CCOCC3)C1. The Morgan fingerprint density at radius 2 is 1.94 bits per heavy atom. The first-order valence-corrected chi connectivity index (χ1v) is 16.6. The Morgan fingerprint density at radius 3 is 2.69 bits per heavy atom. The number of anilines is 2. The number of hydrogen-bond acceptors (Lipinski definition) is 9. The summed E-state index contributed by atoms with van der Waals surface area (Å²) in [7, 11) is 2.18. The maximum absolute atomic E-state index is 14.0. The van der Waals surface area contributed by atoms with Gasteiger partial charge in [0, 0.05) is 50.2 Å². The molecule has 2 saturated heterocycles. The fourth-order valence-electron chi connectivity index (χ4n) is 8.02. The van der Waals surface area contributed by atoms with Gasteiger partial charge in [0.25, 0.3) is 5.91 Å². The number of pyridine rings is 2. The lowest BCUT2D eigenvalue weighted by atomic mass is 9.82. The van der Waals surface area contributed by atoms with Crippen LogP contribution >= 0.6 is 0 Å². The first kappa shape index (κ1) is 30.9. The van der Waals surface area contributed by atoms with E-state index in [1.165, 1.54) is 17.7 Å². The summed E-state index contributed by atoms with van der Waals surface area (Å²) in [6.45, 7) is 9.68. The van der Waals surface area contributed by atoms with Crippen molar-refractivity contribution in [1.82, 2.24) is 29.1 Å². The Balaban J connectivity index is 1.17. The summed E-state index contributed by atoms with van der Waals surface area (Å²) in [4.78, 5) is 43.0. The van der Waals surface area contributed by atoms with Gasteiger partial charge in [-0.25, -0.2) is 24.1 Å². The van der Waals surface area contributed by atoms with E-state index in [4.69, 9.17) is 14.5 Å². The summed E-state index contributed by atoms with van der Waals surface area (Å²) < 4.78 is 27.2. The van der Waals surface area contributed by atoms with Gasteiger partial charge in [-0.2, -0.15) is 0 Å². The molecule has 11 nitrogen and oxygen atoms in total. The number of amides is 2. The van der Waals surface area contributed by atoms with Crippen LogP contribution in [0.15, 0.2) is 48.8 Å². The van der Waals surface area contributed by atoms with Crippen molar-refractivity contribution >= 4 is 29.2 Å². The third kappa shape index (κ3) is 5.13. The van der Waals surface area contributed by atoms with Crippen molar-refractivity contribution in [3.63, 3.8) is 0 Å². The van der Waals surface area contributed by atoms with Crippen molar-refractivity contribution in [3.8, 4) is 11.3 Å². The van der Waals surface area contributed by atoms with Gasteiger partial charge >= 0.3 is 6.09 Å². The lowest BCUT2D eigenvalue weighted by Gasteiger charge is -2.45. The van der Waals surface area contributed by atoms with E-state index in [1.54, 1.807) is 37.6 Å². The van der Waals surface area contributed by atoms with Crippen LogP contribution in [-0.4, -0.2) is 86.1 Å². The molecule has 0 aliphatic carbocycles. The molecule has 1 unspecified atom stereocenters. The molecule has 2 fully saturated rings. The predicted octanol–water partition coefficient (Wildman–Crippen LogP) is 5.70. The zero-order valence-electron chi connectivity index (χ0n) is 27.8. The Kier molecular flexibility index (Phi) is 7.31. The summed E-state index contributed by atoms with van der Waals surface area (Å²) in [5.41, 5.74) is 4.86. The molecule has 1 atom stereocenters. The summed E-state index contributed by atoms with van der Waals surface area (Å²) in [6.07, 6.45) is 5.56. The van der Waals surface area contributed by atoms with E-state index in [9.17, 15) is 14.0 Å².